The number of nitrogens with one attached hydrogen (secondary N) is 1. The SMILES string of the molecule is CCCC1CCC(c2nc(CC(C)C)c(CNC)s2)CC1. The van der Waals surface area contributed by atoms with Gasteiger partial charge in [-0.05, 0) is 51.0 Å². The second-order valence-electron chi connectivity index (χ2n) is 7.06. The maximum absolute atomic E-state index is 5.04. The Kier molecular flexibility index (Phi) is 6.69. The van der Waals surface area contributed by atoms with Crippen molar-refractivity contribution in [1.29, 1.82) is 0 Å². The van der Waals surface area contributed by atoms with Crippen molar-refractivity contribution >= 4 is 11.3 Å². The van der Waals surface area contributed by atoms with Crippen molar-refractivity contribution in [2.75, 3.05) is 7.05 Å². The first-order chi connectivity index (χ1) is 10.1. The Morgan fingerprint density at radius 2 is 1.95 bits per heavy atom. The fraction of sp³-hybridized carbons (Fsp3) is 0.833. The molecule has 2 rings (SSSR count). The lowest BCUT2D eigenvalue weighted by molar-refractivity contribution is 0.308. The van der Waals surface area contributed by atoms with E-state index in [4.69, 9.17) is 4.98 Å². The Bertz CT molecular complexity index is 417. The molecule has 1 aromatic rings. The van der Waals surface area contributed by atoms with Gasteiger partial charge in [0, 0.05) is 17.3 Å². The first-order valence-electron chi connectivity index (χ1n) is 8.77. The van der Waals surface area contributed by atoms with Crippen LogP contribution in [-0.4, -0.2) is 12.0 Å². The van der Waals surface area contributed by atoms with Gasteiger partial charge in [-0.3, -0.25) is 0 Å². The molecule has 120 valence electrons. The first kappa shape index (κ1) is 17.0. The molecular formula is C18H32N2S. The minimum Gasteiger partial charge on any atom is -0.315 e. The molecule has 0 amide bonds. The molecule has 0 unspecified atom stereocenters. The van der Waals surface area contributed by atoms with E-state index in [0.717, 1.165) is 24.8 Å². The zero-order valence-corrected chi connectivity index (χ0v) is 15.1. The molecule has 3 heteroatoms. The molecule has 1 N–H and O–H groups in total. The summed E-state index contributed by atoms with van der Waals surface area (Å²) in [5.41, 5.74) is 1.36. The van der Waals surface area contributed by atoms with Crippen molar-refractivity contribution in [2.45, 2.75) is 78.2 Å². The van der Waals surface area contributed by atoms with Crippen molar-refractivity contribution in [2.24, 2.45) is 11.8 Å². The van der Waals surface area contributed by atoms with Crippen LogP contribution in [0.5, 0.6) is 0 Å². The molecule has 1 aromatic heterocycles. The molecular weight excluding hydrogens is 276 g/mol. The van der Waals surface area contributed by atoms with E-state index in [0.29, 0.717) is 5.92 Å². The van der Waals surface area contributed by atoms with Gasteiger partial charge in [0.1, 0.15) is 0 Å². The van der Waals surface area contributed by atoms with Gasteiger partial charge in [-0.1, -0.05) is 33.6 Å². The number of rotatable bonds is 7. The minimum atomic E-state index is 0.691. The van der Waals surface area contributed by atoms with Gasteiger partial charge in [-0.25, -0.2) is 4.98 Å². The zero-order chi connectivity index (χ0) is 15.2. The third-order valence-electron chi connectivity index (χ3n) is 4.63. The maximum atomic E-state index is 5.04. The van der Waals surface area contributed by atoms with Crippen molar-refractivity contribution in [3.63, 3.8) is 0 Å². The van der Waals surface area contributed by atoms with E-state index in [2.05, 4.69) is 26.1 Å². The summed E-state index contributed by atoms with van der Waals surface area (Å²) in [7, 11) is 2.04. The second kappa shape index (κ2) is 8.28. The van der Waals surface area contributed by atoms with Crippen molar-refractivity contribution in [3.05, 3.63) is 15.6 Å². The van der Waals surface area contributed by atoms with Crippen LogP contribution in [0.1, 0.15) is 80.8 Å². The predicted octanol–water partition coefficient (Wildman–Crippen LogP) is 5.13. The number of thiazole rings is 1. The van der Waals surface area contributed by atoms with E-state index < -0.39 is 0 Å². The molecule has 0 bridgehead atoms. The van der Waals surface area contributed by atoms with Crippen LogP contribution in [0.3, 0.4) is 0 Å². The van der Waals surface area contributed by atoms with Crippen LogP contribution in [0.15, 0.2) is 0 Å². The van der Waals surface area contributed by atoms with E-state index >= 15 is 0 Å². The normalized spacial score (nSPS) is 22.9. The summed E-state index contributed by atoms with van der Waals surface area (Å²) >= 11 is 1.97. The molecule has 0 spiro atoms. The average Bonchev–Trinajstić information content (AvgIpc) is 2.83. The Morgan fingerprint density at radius 3 is 2.52 bits per heavy atom. The highest BCUT2D eigenvalue weighted by atomic mass is 32.1. The van der Waals surface area contributed by atoms with Gasteiger partial charge in [0.05, 0.1) is 10.7 Å². The van der Waals surface area contributed by atoms with E-state index in [1.807, 2.05) is 18.4 Å². The van der Waals surface area contributed by atoms with Crippen LogP contribution >= 0.6 is 11.3 Å². The molecule has 1 fully saturated rings. The van der Waals surface area contributed by atoms with Gasteiger partial charge in [0.2, 0.25) is 0 Å². The molecule has 1 heterocycles. The van der Waals surface area contributed by atoms with Gasteiger partial charge in [-0.2, -0.15) is 0 Å². The molecule has 0 atom stereocenters. The van der Waals surface area contributed by atoms with Crippen LogP contribution < -0.4 is 5.32 Å². The smallest absolute Gasteiger partial charge is 0.0962 e. The molecule has 0 radical (unpaired) electrons. The molecule has 0 aliphatic heterocycles. The number of aromatic nitrogens is 1. The Balaban J connectivity index is 2.03. The van der Waals surface area contributed by atoms with Crippen molar-refractivity contribution < 1.29 is 0 Å². The summed E-state index contributed by atoms with van der Waals surface area (Å²) in [5, 5.41) is 4.73. The number of nitrogens with zero attached hydrogens (tertiary/aromatic N) is 1. The molecule has 1 aliphatic rings. The Hall–Kier alpha value is -0.410. The van der Waals surface area contributed by atoms with Gasteiger partial charge in [0.15, 0.2) is 0 Å². The number of hydrogen-bond donors (Lipinski definition) is 1. The molecule has 21 heavy (non-hydrogen) atoms. The summed E-state index contributed by atoms with van der Waals surface area (Å²) in [6, 6.07) is 0. The van der Waals surface area contributed by atoms with Gasteiger partial charge in [0.25, 0.3) is 0 Å². The Labute approximate surface area is 134 Å². The summed E-state index contributed by atoms with van der Waals surface area (Å²) in [4.78, 5) is 6.51. The molecule has 1 saturated carbocycles. The molecule has 1 aliphatic carbocycles. The van der Waals surface area contributed by atoms with Gasteiger partial charge >= 0.3 is 0 Å². The molecule has 0 saturated heterocycles. The van der Waals surface area contributed by atoms with Gasteiger partial charge < -0.3 is 5.32 Å². The summed E-state index contributed by atoms with van der Waals surface area (Å²) in [5.74, 6) is 2.41. The monoisotopic (exact) mass is 308 g/mol. The average molecular weight is 309 g/mol. The Morgan fingerprint density at radius 1 is 1.24 bits per heavy atom. The molecule has 2 nitrogen and oxygen atoms in total. The molecule has 0 aromatic carbocycles. The highest BCUT2D eigenvalue weighted by Gasteiger charge is 2.25. The predicted molar refractivity (Wildman–Crippen MR) is 93.0 cm³/mol. The van der Waals surface area contributed by atoms with E-state index in [9.17, 15) is 0 Å². The highest BCUT2D eigenvalue weighted by Crippen LogP contribution is 2.39. The van der Waals surface area contributed by atoms with Crippen LogP contribution in [0.25, 0.3) is 0 Å². The van der Waals surface area contributed by atoms with Gasteiger partial charge in [-0.15, -0.1) is 11.3 Å². The van der Waals surface area contributed by atoms with E-state index in [1.165, 1.54) is 54.1 Å². The highest BCUT2D eigenvalue weighted by molar-refractivity contribution is 7.11. The van der Waals surface area contributed by atoms with Crippen LogP contribution in [-0.2, 0) is 13.0 Å². The van der Waals surface area contributed by atoms with Crippen LogP contribution in [0.2, 0.25) is 0 Å². The lowest BCUT2D eigenvalue weighted by Crippen LogP contribution is -2.13. The summed E-state index contributed by atoms with van der Waals surface area (Å²) in [6.07, 6.45) is 9.44. The van der Waals surface area contributed by atoms with E-state index in [-0.39, 0.29) is 0 Å². The first-order valence-corrected chi connectivity index (χ1v) is 9.58. The largest absolute Gasteiger partial charge is 0.315 e. The number of hydrogen-bond acceptors (Lipinski definition) is 3. The lowest BCUT2D eigenvalue weighted by Gasteiger charge is -2.27. The topological polar surface area (TPSA) is 24.9 Å². The van der Waals surface area contributed by atoms with Crippen LogP contribution in [0, 0.1) is 11.8 Å². The summed E-state index contributed by atoms with van der Waals surface area (Å²) in [6.45, 7) is 7.87. The fourth-order valence-electron chi connectivity index (χ4n) is 3.53. The third-order valence-corrected chi connectivity index (χ3v) is 5.89. The fourth-order valence-corrected chi connectivity index (χ4v) is 4.80. The van der Waals surface area contributed by atoms with Crippen LogP contribution in [0.4, 0.5) is 0 Å². The summed E-state index contributed by atoms with van der Waals surface area (Å²) < 4.78 is 0. The maximum Gasteiger partial charge on any atom is 0.0962 e. The zero-order valence-electron chi connectivity index (χ0n) is 14.2. The quantitative estimate of drug-likeness (QED) is 0.755. The minimum absolute atomic E-state index is 0.691. The van der Waals surface area contributed by atoms with Crippen molar-refractivity contribution in [3.8, 4) is 0 Å². The lowest BCUT2D eigenvalue weighted by atomic mass is 9.80. The third kappa shape index (κ3) is 4.79. The standard InChI is InChI=1S/C18H32N2S/c1-5-6-14-7-9-15(10-8-14)18-20-16(11-13(2)3)17(21-18)12-19-4/h13-15,19H,5-12H2,1-4H3. The second-order valence-corrected chi connectivity index (χ2v) is 8.17. The van der Waals surface area contributed by atoms with E-state index in [1.54, 1.807) is 0 Å². The van der Waals surface area contributed by atoms with Crippen molar-refractivity contribution in [1.82, 2.24) is 10.3 Å².